The summed E-state index contributed by atoms with van der Waals surface area (Å²) in [6, 6.07) is 0. The summed E-state index contributed by atoms with van der Waals surface area (Å²) in [7, 11) is 0. The molecule has 2 atom stereocenters. The van der Waals surface area contributed by atoms with Crippen molar-refractivity contribution in [2.24, 2.45) is 11.8 Å². The third-order valence-electron chi connectivity index (χ3n) is 5.41. The molecule has 0 N–H and O–H groups in total. The van der Waals surface area contributed by atoms with Crippen molar-refractivity contribution in [1.29, 1.82) is 0 Å². The van der Waals surface area contributed by atoms with Crippen molar-refractivity contribution >= 4 is 22.8 Å². The molecular weight excluding hydrogens is 359 g/mol. The zero-order chi connectivity index (χ0) is 19.8. The predicted molar refractivity (Wildman–Crippen MR) is 121 cm³/mol. The van der Waals surface area contributed by atoms with Crippen LogP contribution in [0.5, 0.6) is 0 Å². The van der Waals surface area contributed by atoms with Crippen LogP contribution in [0.2, 0.25) is 0 Å². The molecule has 0 radical (unpaired) electrons. The Bertz CT molecular complexity index is 376. The summed E-state index contributed by atoms with van der Waals surface area (Å²) < 4.78 is 13.9. The fraction of sp³-hybridized carbons (Fsp3) is 0.955. The van der Waals surface area contributed by atoms with Gasteiger partial charge in [0.25, 0.3) is 0 Å². The number of carbonyl (C=O) groups is 1. The van der Waals surface area contributed by atoms with Crippen LogP contribution in [0, 0.1) is 11.8 Å². The van der Waals surface area contributed by atoms with E-state index in [9.17, 15) is 9.36 Å². The second-order valence-electron chi connectivity index (χ2n) is 7.93. The van der Waals surface area contributed by atoms with Gasteiger partial charge in [0.05, 0.1) is 0 Å². The van der Waals surface area contributed by atoms with E-state index in [1.807, 2.05) is 0 Å². The number of hydrogen-bond acceptors (Lipinski definition) is 3. The normalized spacial score (nSPS) is 16.2. The number of rotatable bonds is 17. The molecule has 0 amide bonds. The minimum absolute atomic E-state index is 0.178. The van der Waals surface area contributed by atoms with E-state index >= 15 is 0 Å². The molecule has 0 aliphatic rings. The van der Waals surface area contributed by atoms with Crippen LogP contribution < -0.4 is 0 Å². The summed E-state index contributed by atoms with van der Waals surface area (Å²) in [5, 5.41) is 0.178. The van der Waals surface area contributed by atoms with Crippen molar-refractivity contribution in [2.75, 3.05) is 12.3 Å². The molecule has 0 aromatic rings. The molecule has 4 heteroatoms. The molecular formula is C22H45O2PS. The van der Waals surface area contributed by atoms with Crippen LogP contribution in [-0.4, -0.2) is 17.4 Å². The van der Waals surface area contributed by atoms with Gasteiger partial charge in [0, 0.05) is 18.7 Å². The van der Waals surface area contributed by atoms with Gasteiger partial charge in [-0.05, 0) is 42.5 Å². The van der Waals surface area contributed by atoms with Crippen molar-refractivity contribution in [1.82, 2.24) is 0 Å². The van der Waals surface area contributed by atoms with E-state index in [0.29, 0.717) is 18.3 Å². The first kappa shape index (κ1) is 26.2. The van der Waals surface area contributed by atoms with Gasteiger partial charge in [-0.25, -0.2) is 0 Å². The third-order valence-corrected chi connectivity index (χ3v) is 10.8. The minimum Gasteiger partial charge on any atom is -0.312 e. The molecule has 0 aromatic heterocycles. The van der Waals surface area contributed by atoms with Crippen molar-refractivity contribution in [3.8, 4) is 0 Å². The van der Waals surface area contributed by atoms with E-state index in [0.717, 1.165) is 57.3 Å². The molecule has 0 aromatic carbocycles. The van der Waals surface area contributed by atoms with Crippen LogP contribution in [0.15, 0.2) is 0 Å². The van der Waals surface area contributed by atoms with Gasteiger partial charge < -0.3 is 4.57 Å². The van der Waals surface area contributed by atoms with Crippen molar-refractivity contribution in [2.45, 2.75) is 112 Å². The third kappa shape index (κ3) is 12.6. The minimum atomic E-state index is -2.48. The standard InChI is InChI=1S/C22H45O2PS/c1-6-11-14-17-22(23)26-25(24,18-20(9-4)15-12-7-2)19-21(10-5)16-13-8-3/h20-21H,6-19H2,1-5H3. The van der Waals surface area contributed by atoms with Gasteiger partial charge in [0.15, 0.2) is 5.12 Å². The molecule has 0 rings (SSSR count). The van der Waals surface area contributed by atoms with Gasteiger partial charge in [-0.15, -0.1) is 0 Å². The van der Waals surface area contributed by atoms with Gasteiger partial charge in [-0.2, -0.15) is 0 Å². The first-order valence-electron chi connectivity index (χ1n) is 11.2. The molecule has 0 saturated heterocycles. The second kappa shape index (κ2) is 16.2. The maximum atomic E-state index is 13.9. The largest absolute Gasteiger partial charge is 0.312 e. The molecule has 0 aliphatic carbocycles. The monoisotopic (exact) mass is 404 g/mol. The molecule has 0 heterocycles. The highest BCUT2D eigenvalue weighted by Gasteiger charge is 2.32. The number of carbonyl (C=O) groups excluding carboxylic acids is 1. The zero-order valence-corrected chi connectivity index (χ0v) is 19.9. The topological polar surface area (TPSA) is 34.1 Å². The Kier molecular flexibility index (Phi) is 16.4. The Morgan fingerprint density at radius 1 is 0.769 bits per heavy atom. The lowest BCUT2D eigenvalue weighted by Crippen LogP contribution is -2.13. The van der Waals surface area contributed by atoms with Gasteiger partial charge in [-0.1, -0.05) is 86.0 Å². The molecule has 26 heavy (non-hydrogen) atoms. The molecule has 2 unspecified atom stereocenters. The average molecular weight is 405 g/mol. The molecule has 0 aliphatic heterocycles. The van der Waals surface area contributed by atoms with Crippen LogP contribution in [-0.2, 0) is 9.36 Å². The highest BCUT2D eigenvalue weighted by atomic mass is 32.7. The maximum absolute atomic E-state index is 13.9. The zero-order valence-electron chi connectivity index (χ0n) is 18.2. The Labute approximate surface area is 168 Å². The molecule has 0 fully saturated rings. The van der Waals surface area contributed by atoms with E-state index in [1.165, 1.54) is 37.1 Å². The molecule has 156 valence electrons. The van der Waals surface area contributed by atoms with Gasteiger partial charge in [0.2, 0.25) is 0 Å². The van der Waals surface area contributed by atoms with E-state index in [2.05, 4.69) is 34.6 Å². The van der Waals surface area contributed by atoms with Gasteiger partial charge in [-0.3, -0.25) is 4.79 Å². The quantitative estimate of drug-likeness (QED) is 0.180. The summed E-state index contributed by atoms with van der Waals surface area (Å²) in [6.45, 7) is 11.0. The highest BCUT2D eigenvalue weighted by Crippen LogP contribution is 2.62. The van der Waals surface area contributed by atoms with Crippen LogP contribution >= 0.6 is 17.7 Å². The summed E-state index contributed by atoms with van der Waals surface area (Å²) in [6.07, 6.45) is 12.1. The predicted octanol–water partition coefficient (Wildman–Crippen LogP) is 8.54. The lowest BCUT2D eigenvalue weighted by molar-refractivity contribution is -0.110. The molecule has 0 spiro atoms. The van der Waals surface area contributed by atoms with E-state index < -0.39 is 6.34 Å². The summed E-state index contributed by atoms with van der Waals surface area (Å²) >= 11 is 1.27. The fourth-order valence-corrected chi connectivity index (χ4v) is 9.98. The smallest absolute Gasteiger partial charge is 0.195 e. The highest BCUT2D eigenvalue weighted by molar-refractivity contribution is 8.65. The van der Waals surface area contributed by atoms with Gasteiger partial charge in [0.1, 0.15) is 6.34 Å². The number of hydrogen-bond donors (Lipinski definition) is 0. The number of unbranched alkanes of at least 4 members (excludes halogenated alkanes) is 4. The van der Waals surface area contributed by atoms with E-state index in [4.69, 9.17) is 0 Å². The SMILES string of the molecule is CCCCCC(=O)SP(=O)(CC(CC)CCCC)CC(CC)CCCC. The van der Waals surface area contributed by atoms with Crippen LogP contribution in [0.1, 0.15) is 112 Å². The first-order valence-corrected chi connectivity index (χ1v) is 14.7. The van der Waals surface area contributed by atoms with Crippen LogP contribution in [0.25, 0.3) is 0 Å². The fourth-order valence-electron chi connectivity index (χ4n) is 3.52. The summed E-state index contributed by atoms with van der Waals surface area (Å²) in [4.78, 5) is 12.5. The lowest BCUT2D eigenvalue weighted by atomic mass is 10.0. The van der Waals surface area contributed by atoms with Crippen LogP contribution in [0.4, 0.5) is 0 Å². The lowest BCUT2D eigenvalue weighted by Gasteiger charge is -2.26. The van der Waals surface area contributed by atoms with Crippen molar-refractivity contribution in [3.63, 3.8) is 0 Å². The molecule has 0 saturated carbocycles. The van der Waals surface area contributed by atoms with E-state index in [1.54, 1.807) is 0 Å². The van der Waals surface area contributed by atoms with Gasteiger partial charge >= 0.3 is 0 Å². The summed E-state index contributed by atoms with van der Waals surface area (Å²) in [5.74, 6) is 1.03. The molecule has 2 nitrogen and oxygen atoms in total. The average Bonchev–Trinajstić information content (AvgIpc) is 2.62. The first-order chi connectivity index (χ1) is 12.4. The van der Waals surface area contributed by atoms with Crippen LogP contribution in [0.3, 0.4) is 0 Å². The molecule has 0 bridgehead atoms. The maximum Gasteiger partial charge on any atom is 0.195 e. The Morgan fingerprint density at radius 2 is 1.23 bits per heavy atom. The van der Waals surface area contributed by atoms with Crippen molar-refractivity contribution in [3.05, 3.63) is 0 Å². The summed E-state index contributed by atoms with van der Waals surface area (Å²) in [5.41, 5.74) is 0. The Morgan fingerprint density at radius 3 is 1.62 bits per heavy atom. The van der Waals surface area contributed by atoms with Crippen molar-refractivity contribution < 1.29 is 9.36 Å². The second-order valence-corrected chi connectivity index (χ2v) is 13.5. The Balaban J connectivity index is 5.02. The van der Waals surface area contributed by atoms with E-state index in [-0.39, 0.29) is 5.12 Å². The Hall–Kier alpha value is 0.250.